The number of ether oxygens (including phenoxy) is 2. The predicted octanol–water partition coefficient (Wildman–Crippen LogP) is 4.11. The molecule has 7 heteroatoms. The summed E-state index contributed by atoms with van der Waals surface area (Å²) in [7, 11) is 1.28. The van der Waals surface area contributed by atoms with E-state index in [1.54, 1.807) is 6.07 Å². The van der Waals surface area contributed by atoms with Gasteiger partial charge in [0.1, 0.15) is 4.83 Å². The van der Waals surface area contributed by atoms with Gasteiger partial charge in [-0.15, -0.1) is 0 Å². The number of halogens is 3. The number of alkyl halides is 1. The molecule has 1 aromatic rings. The number of carbonyl (C=O) groups is 1. The quantitative estimate of drug-likeness (QED) is 0.739. The van der Waals surface area contributed by atoms with Gasteiger partial charge < -0.3 is 9.47 Å². The lowest BCUT2D eigenvalue weighted by Gasteiger charge is -2.35. The van der Waals surface area contributed by atoms with Crippen LogP contribution < -0.4 is 4.74 Å². The van der Waals surface area contributed by atoms with E-state index in [1.165, 1.54) is 13.2 Å². The van der Waals surface area contributed by atoms with Crippen molar-refractivity contribution in [3.8, 4) is 5.75 Å². The smallest absolute Gasteiger partial charge is 0.366 e. The van der Waals surface area contributed by atoms with Crippen molar-refractivity contribution in [2.45, 2.75) is 36.6 Å². The van der Waals surface area contributed by atoms with Gasteiger partial charge in [0.15, 0.2) is 11.6 Å². The third-order valence-corrected chi connectivity index (χ3v) is 4.78. The van der Waals surface area contributed by atoms with Crippen LogP contribution in [0.15, 0.2) is 12.1 Å². The number of carbonyl (C=O) groups excluding carboxylic acids is 1. The van der Waals surface area contributed by atoms with Crippen molar-refractivity contribution in [1.82, 2.24) is 0 Å². The van der Waals surface area contributed by atoms with Crippen LogP contribution in [-0.4, -0.2) is 19.7 Å². The number of methoxy groups -OCH3 is 1. The summed E-state index contributed by atoms with van der Waals surface area (Å²) in [6.45, 7) is 2.46. The zero-order chi connectivity index (χ0) is 16.3. The van der Waals surface area contributed by atoms with Gasteiger partial charge in [0.05, 0.1) is 12.7 Å². The first kappa shape index (κ1) is 17.1. The SMILES string of the molecule is COc1c(F)cc(C2(C)CCCCO2)cc1C(Br)C(=O)OF. The highest BCUT2D eigenvalue weighted by atomic mass is 79.9. The van der Waals surface area contributed by atoms with E-state index in [1.807, 2.05) is 6.92 Å². The molecule has 0 spiro atoms. The van der Waals surface area contributed by atoms with Gasteiger partial charge >= 0.3 is 5.97 Å². The van der Waals surface area contributed by atoms with Crippen LogP contribution in [0.4, 0.5) is 8.92 Å². The van der Waals surface area contributed by atoms with Crippen LogP contribution in [0.3, 0.4) is 0 Å². The Balaban J connectivity index is 2.49. The summed E-state index contributed by atoms with van der Waals surface area (Å²) in [5, 5.41) is 0. The van der Waals surface area contributed by atoms with E-state index in [0.29, 0.717) is 12.2 Å². The highest BCUT2D eigenvalue weighted by Gasteiger charge is 2.34. The summed E-state index contributed by atoms with van der Waals surface area (Å²) in [4.78, 5) is 13.5. The molecule has 1 fully saturated rings. The zero-order valence-electron chi connectivity index (χ0n) is 12.3. The van der Waals surface area contributed by atoms with Crippen molar-refractivity contribution in [3.63, 3.8) is 0 Å². The maximum absolute atomic E-state index is 14.3. The second-order valence-corrected chi connectivity index (χ2v) is 6.29. The molecule has 0 aromatic heterocycles. The predicted molar refractivity (Wildman–Crippen MR) is 79.0 cm³/mol. The lowest BCUT2D eigenvalue weighted by Crippen LogP contribution is -2.30. The van der Waals surface area contributed by atoms with Crippen molar-refractivity contribution in [2.24, 2.45) is 0 Å². The van der Waals surface area contributed by atoms with Crippen molar-refractivity contribution < 1.29 is 28.1 Å². The zero-order valence-corrected chi connectivity index (χ0v) is 13.9. The Labute approximate surface area is 135 Å². The Hall–Kier alpha value is -1.21. The van der Waals surface area contributed by atoms with Gasteiger partial charge in [-0.2, -0.15) is 0 Å². The second-order valence-electron chi connectivity index (χ2n) is 5.38. The molecule has 0 radical (unpaired) electrons. The summed E-state index contributed by atoms with van der Waals surface area (Å²) < 4.78 is 37.2. The first-order valence-electron chi connectivity index (χ1n) is 6.91. The number of benzene rings is 1. The van der Waals surface area contributed by atoms with Gasteiger partial charge in [-0.3, -0.25) is 4.94 Å². The van der Waals surface area contributed by atoms with Gasteiger partial charge in [-0.25, -0.2) is 9.18 Å². The Morgan fingerprint density at radius 2 is 2.18 bits per heavy atom. The molecule has 22 heavy (non-hydrogen) atoms. The largest absolute Gasteiger partial charge is 0.493 e. The van der Waals surface area contributed by atoms with Crippen molar-refractivity contribution in [1.29, 1.82) is 0 Å². The second kappa shape index (κ2) is 6.91. The van der Waals surface area contributed by atoms with Gasteiger partial charge in [-0.1, -0.05) is 15.9 Å². The Bertz CT molecular complexity index is 559. The molecule has 4 nitrogen and oxygen atoms in total. The normalized spacial score (nSPS) is 23.0. The first-order valence-corrected chi connectivity index (χ1v) is 7.83. The summed E-state index contributed by atoms with van der Waals surface area (Å²) in [6.07, 6.45) is 2.65. The number of rotatable bonds is 4. The minimum atomic E-state index is -1.18. The fourth-order valence-corrected chi connectivity index (χ4v) is 3.06. The minimum Gasteiger partial charge on any atom is -0.493 e. The summed E-state index contributed by atoms with van der Waals surface area (Å²) >= 11 is 3.01. The van der Waals surface area contributed by atoms with E-state index in [0.717, 1.165) is 19.3 Å². The maximum Gasteiger partial charge on any atom is 0.366 e. The number of hydrogen-bond acceptors (Lipinski definition) is 4. The summed E-state index contributed by atoms with van der Waals surface area (Å²) in [5.41, 5.74) is 0.0964. The van der Waals surface area contributed by atoms with Crippen LogP contribution in [0.25, 0.3) is 0 Å². The van der Waals surface area contributed by atoms with E-state index >= 15 is 0 Å². The summed E-state index contributed by atoms with van der Waals surface area (Å²) in [5.74, 6) is -1.94. The van der Waals surface area contributed by atoms with Crippen LogP contribution in [-0.2, 0) is 20.1 Å². The third-order valence-electron chi connectivity index (χ3n) is 3.91. The molecule has 1 heterocycles. The molecule has 2 rings (SSSR count). The molecule has 2 atom stereocenters. The highest BCUT2D eigenvalue weighted by Crippen LogP contribution is 2.41. The van der Waals surface area contributed by atoms with E-state index < -0.39 is 22.2 Å². The molecule has 2 unspecified atom stereocenters. The van der Waals surface area contributed by atoms with E-state index in [2.05, 4.69) is 20.9 Å². The standard InChI is InChI=1S/C15H17BrF2O4/c1-15(5-3-4-6-21-15)9-7-10(12(16)14(19)22-18)13(20-2)11(17)8-9/h7-8,12H,3-6H2,1-2H3. The van der Waals surface area contributed by atoms with E-state index in [-0.39, 0.29) is 11.3 Å². The fourth-order valence-electron chi connectivity index (χ4n) is 2.65. The van der Waals surface area contributed by atoms with Crippen molar-refractivity contribution >= 4 is 21.9 Å². The van der Waals surface area contributed by atoms with Crippen molar-refractivity contribution in [3.05, 3.63) is 29.1 Å². The lowest BCUT2D eigenvalue weighted by atomic mass is 9.86. The lowest BCUT2D eigenvalue weighted by molar-refractivity contribution is -0.182. The Morgan fingerprint density at radius 1 is 1.45 bits per heavy atom. The van der Waals surface area contributed by atoms with Crippen LogP contribution in [0.2, 0.25) is 0 Å². The van der Waals surface area contributed by atoms with Gasteiger partial charge in [-0.05, 0) is 43.9 Å². The van der Waals surface area contributed by atoms with E-state index in [9.17, 15) is 13.7 Å². The van der Waals surface area contributed by atoms with Gasteiger partial charge in [0.25, 0.3) is 0 Å². The molecule has 1 aliphatic heterocycles. The molecule has 0 bridgehead atoms. The Kier molecular flexibility index (Phi) is 5.39. The molecular formula is C15H17BrF2O4. The molecular weight excluding hydrogens is 362 g/mol. The van der Waals surface area contributed by atoms with E-state index in [4.69, 9.17) is 9.47 Å². The third kappa shape index (κ3) is 3.25. The van der Waals surface area contributed by atoms with Crippen LogP contribution >= 0.6 is 15.9 Å². The number of hydrogen-bond donors (Lipinski definition) is 0. The monoisotopic (exact) mass is 378 g/mol. The van der Waals surface area contributed by atoms with Gasteiger partial charge in [0.2, 0.25) is 0 Å². The van der Waals surface area contributed by atoms with Crippen molar-refractivity contribution in [2.75, 3.05) is 13.7 Å². The summed E-state index contributed by atoms with van der Waals surface area (Å²) in [6, 6.07) is 2.91. The Morgan fingerprint density at radius 3 is 2.73 bits per heavy atom. The first-order chi connectivity index (χ1) is 10.4. The highest BCUT2D eigenvalue weighted by molar-refractivity contribution is 9.09. The van der Waals surface area contributed by atoms with Gasteiger partial charge in [0, 0.05) is 16.7 Å². The molecule has 1 saturated heterocycles. The minimum absolute atomic E-state index is 0.129. The molecule has 0 aliphatic carbocycles. The molecule has 0 amide bonds. The molecule has 122 valence electrons. The average Bonchev–Trinajstić information content (AvgIpc) is 2.53. The van der Waals surface area contributed by atoms with Crippen LogP contribution in [0.5, 0.6) is 5.75 Å². The fraction of sp³-hybridized carbons (Fsp3) is 0.533. The average molecular weight is 379 g/mol. The van der Waals surface area contributed by atoms with Crippen LogP contribution in [0, 0.1) is 5.82 Å². The molecule has 1 aliphatic rings. The molecule has 0 N–H and O–H groups in total. The molecule has 0 saturated carbocycles. The molecule has 1 aromatic carbocycles. The topological polar surface area (TPSA) is 44.8 Å². The van der Waals surface area contributed by atoms with Crippen LogP contribution in [0.1, 0.15) is 42.1 Å². The maximum atomic E-state index is 14.3.